The van der Waals surface area contributed by atoms with E-state index >= 15 is 0 Å². The molecule has 0 aromatic heterocycles. The largest absolute Gasteiger partial charge is 0.495 e. The number of rotatable bonds is 8. The summed E-state index contributed by atoms with van der Waals surface area (Å²) in [5, 5.41) is 13.3. The molecule has 2 rings (SSSR count). The van der Waals surface area contributed by atoms with Gasteiger partial charge in [0.15, 0.2) is 0 Å². The molecule has 0 radical (unpaired) electrons. The summed E-state index contributed by atoms with van der Waals surface area (Å²) in [7, 11) is -3.46. The van der Waals surface area contributed by atoms with E-state index in [0.717, 1.165) is 30.9 Å². The van der Waals surface area contributed by atoms with E-state index in [0.29, 0.717) is 13.0 Å². The number of hydrogen-bond acceptors (Lipinski definition) is 5. The Kier molecular flexibility index (Phi) is 5.83. The van der Waals surface area contributed by atoms with Gasteiger partial charge in [0.05, 0.1) is 12.7 Å². The molecule has 5 nitrogen and oxygen atoms in total. The molecule has 1 aliphatic carbocycles. The van der Waals surface area contributed by atoms with E-state index in [1.54, 1.807) is 0 Å². The summed E-state index contributed by atoms with van der Waals surface area (Å²) in [6.07, 6.45) is 3.32. The van der Waals surface area contributed by atoms with Crippen molar-refractivity contribution in [2.75, 3.05) is 13.7 Å². The summed E-state index contributed by atoms with van der Waals surface area (Å²) in [5.74, 6) is -3.59. The zero-order chi connectivity index (χ0) is 18.0. The number of nitrogens with one attached hydrogen (secondary N) is 1. The minimum absolute atomic E-state index is 0.0981. The number of benzene rings is 1. The monoisotopic (exact) mass is 363 g/mol. The predicted octanol–water partition coefficient (Wildman–Crippen LogP) is 2.65. The number of alkyl halides is 2. The molecule has 1 unspecified atom stereocenters. The van der Waals surface area contributed by atoms with Crippen LogP contribution in [0.15, 0.2) is 23.1 Å². The Morgan fingerprint density at radius 2 is 2.04 bits per heavy atom. The summed E-state index contributed by atoms with van der Waals surface area (Å²) in [5.41, 5.74) is 0.153. The fourth-order valence-electron chi connectivity index (χ4n) is 2.76. The van der Waals surface area contributed by atoms with Crippen LogP contribution in [0.4, 0.5) is 8.78 Å². The Morgan fingerprint density at radius 1 is 1.38 bits per heavy atom. The van der Waals surface area contributed by atoms with Crippen molar-refractivity contribution >= 4 is 9.84 Å². The molecule has 0 heterocycles. The van der Waals surface area contributed by atoms with Crippen molar-refractivity contribution in [1.29, 1.82) is 0 Å². The van der Waals surface area contributed by atoms with Gasteiger partial charge in [0.25, 0.3) is 0 Å². The predicted molar refractivity (Wildman–Crippen MR) is 86.0 cm³/mol. The summed E-state index contributed by atoms with van der Waals surface area (Å²) in [4.78, 5) is -0.514. The third-order valence-corrected chi connectivity index (χ3v) is 5.97. The van der Waals surface area contributed by atoms with Gasteiger partial charge in [-0.25, -0.2) is 8.42 Å². The first kappa shape index (κ1) is 19.1. The molecule has 1 atom stereocenters. The molecular weight excluding hydrogens is 340 g/mol. The van der Waals surface area contributed by atoms with Crippen molar-refractivity contribution in [2.24, 2.45) is 0 Å². The van der Waals surface area contributed by atoms with Gasteiger partial charge in [0.2, 0.25) is 9.84 Å². The van der Waals surface area contributed by atoms with Gasteiger partial charge in [-0.3, -0.25) is 0 Å². The van der Waals surface area contributed by atoms with Crippen molar-refractivity contribution in [3.05, 3.63) is 23.8 Å². The van der Waals surface area contributed by atoms with Crippen LogP contribution in [-0.4, -0.2) is 38.5 Å². The van der Waals surface area contributed by atoms with Crippen molar-refractivity contribution in [3.63, 3.8) is 0 Å². The van der Waals surface area contributed by atoms with Crippen molar-refractivity contribution in [3.8, 4) is 5.75 Å². The molecule has 0 aliphatic heterocycles. The molecular formula is C16H23F2NO4S. The van der Waals surface area contributed by atoms with Gasteiger partial charge in [-0.15, -0.1) is 0 Å². The molecule has 1 fully saturated rings. The minimum Gasteiger partial charge on any atom is -0.495 e. The second-order valence-corrected chi connectivity index (χ2v) is 8.11. The summed E-state index contributed by atoms with van der Waals surface area (Å²) < 4.78 is 53.7. The molecule has 0 saturated heterocycles. The summed E-state index contributed by atoms with van der Waals surface area (Å²) in [6.45, 7) is 2.48. The maximum absolute atomic E-state index is 12.7. The molecule has 136 valence electrons. The van der Waals surface area contributed by atoms with Crippen LogP contribution in [0.2, 0.25) is 0 Å². The van der Waals surface area contributed by atoms with E-state index in [2.05, 4.69) is 5.32 Å². The molecule has 1 aromatic carbocycles. The van der Waals surface area contributed by atoms with Crippen LogP contribution >= 0.6 is 0 Å². The molecule has 1 aromatic rings. The number of aliphatic hydroxyl groups is 1. The van der Waals surface area contributed by atoms with Crippen molar-refractivity contribution < 1.29 is 27.0 Å². The highest BCUT2D eigenvalue weighted by Gasteiger charge is 2.33. The topological polar surface area (TPSA) is 75.6 Å². The summed E-state index contributed by atoms with van der Waals surface area (Å²) in [6, 6.07) is 3.96. The van der Waals surface area contributed by atoms with Gasteiger partial charge in [-0.05, 0) is 56.8 Å². The van der Waals surface area contributed by atoms with E-state index in [-0.39, 0.29) is 11.8 Å². The first-order valence-electron chi connectivity index (χ1n) is 7.85. The highest BCUT2D eigenvalue weighted by Crippen LogP contribution is 2.34. The van der Waals surface area contributed by atoms with E-state index in [4.69, 9.17) is 4.74 Å². The number of ether oxygens (including phenoxy) is 1. The number of sulfone groups is 1. The summed E-state index contributed by atoms with van der Waals surface area (Å²) >= 11 is 0. The Morgan fingerprint density at radius 3 is 2.54 bits per heavy atom. The van der Waals surface area contributed by atoms with Gasteiger partial charge < -0.3 is 15.2 Å². The Hall–Kier alpha value is -1.25. The van der Waals surface area contributed by atoms with E-state index in [1.165, 1.54) is 19.2 Å². The second-order valence-electron chi connectivity index (χ2n) is 6.22. The molecule has 0 bridgehead atoms. The Bertz CT molecular complexity index is 675. The molecule has 0 spiro atoms. The first-order valence-corrected chi connectivity index (χ1v) is 9.40. The molecule has 0 amide bonds. The SMILES string of the molecule is COc1cc(C(C)NCCC2(O)CCC2)ccc1S(=O)(=O)C(F)F. The fraction of sp³-hybridized carbons (Fsp3) is 0.625. The lowest BCUT2D eigenvalue weighted by Gasteiger charge is -2.37. The van der Waals surface area contributed by atoms with Crippen LogP contribution in [0.25, 0.3) is 0 Å². The highest BCUT2D eigenvalue weighted by molar-refractivity contribution is 7.91. The lowest BCUT2D eigenvalue weighted by atomic mass is 9.78. The van der Waals surface area contributed by atoms with Crippen LogP contribution in [0, 0.1) is 0 Å². The number of methoxy groups -OCH3 is 1. The van der Waals surface area contributed by atoms with Gasteiger partial charge in [0.1, 0.15) is 10.6 Å². The van der Waals surface area contributed by atoms with Crippen molar-refractivity contribution in [2.45, 2.75) is 54.9 Å². The zero-order valence-corrected chi connectivity index (χ0v) is 14.6. The fourth-order valence-corrected chi connectivity index (χ4v) is 3.63. The number of hydrogen-bond donors (Lipinski definition) is 2. The van der Waals surface area contributed by atoms with E-state index in [1.807, 2.05) is 6.92 Å². The molecule has 1 saturated carbocycles. The van der Waals surface area contributed by atoms with Crippen LogP contribution < -0.4 is 10.1 Å². The quantitative estimate of drug-likeness (QED) is 0.743. The van der Waals surface area contributed by atoms with Crippen LogP contribution in [0.1, 0.15) is 44.2 Å². The average Bonchev–Trinajstić information content (AvgIpc) is 2.52. The smallest absolute Gasteiger partial charge is 0.341 e. The lowest BCUT2D eigenvalue weighted by Crippen LogP contribution is -2.39. The Balaban J connectivity index is 2.08. The maximum atomic E-state index is 12.7. The van der Waals surface area contributed by atoms with Gasteiger partial charge in [-0.2, -0.15) is 8.78 Å². The van der Waals surface area contributed by atoms with Gasteiger partial charge in [0, 0.05) is 6.04 Å². The lowest BCUT2D eigenvalue weighted by molar-refractivity contribution is -0.0398. The molecule has 1 aliphatic rings. The average molecular weight is 363 g/mol. The molecule has 24 heavy (non-hydrogen) atoms. The molecule has 8 heteroatoms. The third kappa shape index (κ3) is 4.04. The van der Waals surface area contributed by atoms with Crippen molar-refractivity contribution in [1.82, 2.24) is 5.32 Å². The first-order chi connectivity index (χ1) is 11.2. The van der Waals surface area contributed by atoms with Gasteiger partial charge in [-0.1, -0.05) is 6.07 Å². The van der Waals surface area contributed by atoms with Crippen LogP contribution in [0.5, 0.6) is 5.75 Å². The van der Waals surface area contributed by atoms with E-state index < -0.39 is 26.1 Å². The third-order valence-electron chi connectivity index (χ3n) is 4.55. The minimum atomic E-state index is -4.71. The normalized spacial score (nSPS) is 18.2. The zero-order valence-electron chi connectivity index (χ0n) is 13.8. The second kappa shape index (κ2) is 7.33. The highest BCUT2D eigenvalue weighted by atomic mass is 32.2. The van der Waals surface area contributed by atoms with Crippen LogP contribution in [0.3, 0.4) is 0 Å². The standard InChI is InChI=1S/C16H23F2NO4S/c1-11(19-9-8-16(20)6-3-7-16)12-4-5-14(13(10-12)23-2)24(21,22)15(17)18/h4-5,10-11,15,19-20H,3,6-9H2,1-2H3. The number of halogens is 2. The van der Waals surface area contributed by atoms with Gasteiger partial charge >= 0.3 is 5.76 Å². The van der Waals surface area contributed by atoms with Crippen LogP contribution in [-0.2, 0) is 9.84 Å². The Labute approximate surface area is 140 Å². The van der Waals surface area contributed by atoms with E-state index in [9.17, 15) is 22.3 Å². The molecule has 2 N–H and O–H groups in total. The maximum Gasteiger partial charge on any atom is 0.341 e.